The molecule has 15 heavy (non-hydrogen) atoms. The van der Waals surface area contributed by atoms with Crippen LogP contribution < -0.4 is 4.74 Å². The Labute approximate surface area is 93.8 Å². The third kappa shape index (κ3) is 2.23. The third-order valence-electron chi connectivity index (χ3n) is 1.84. The van der Waals surface area contributed by atoms with Crippen molar-refractivity contribution in [1.29, 1.82) is 5.26 Å². The molecule has 0 N–H and O–H groups in total. The number of nitriles is 1. The van der Waals surface area contributed by atoms with Crippen molar-refractivity contribution in [1.82, 2.24) is 4.98 Å². The minimum atomic E-state index is -2.74. The maximum atomic E-state index is 12.7. The predicted molar refractivity (Wildman–Crippen MR) is 53.1 cm³/mol. The molecule has 0 bridgehead atoms. The minimum Gasteiger partial charge on any atom is -0.494 e. The monoisotopic (exact) mass is 276 g/mol. The van der Waals surface area contributed by atoms with Crippen LogP contribution in [0.5, 0.6) is 5.75 Å². The smallest absolute Gasteiger partial charge is 0.267 e. The van der Waals surface area contributed by atoms with Crippen LogP contribution in [0.1, 0.15) is 23.2 Å². The van der Waals surface area contributed by atoms with Crippen molar-refractivity contribution in [3.63, 3.8) is 0 Å². The standard InChI is InChI=1S/C9H7BrF2N2O/c1-15-7-4-14-6(2-10)8(9(11)12)5(7)3-13/h4,9H,2H2,1H3. The summed E-state index contributed by atoms with van der Waals surface area (Å²) in [6.45, 7) is 0. The Balaban J connectivity index is 3.46. The van der Waals surface area contributed by atoms with Crippen LogP contribution >= 0.6 is 15.9 Å². The quantitative estimate of drug-likeness (QED) is 0.798. The van der Waals surface area contributed by atoms with Gasteiger partial charge in [-0.2, -0.15) is 5.26 Å². The van der Waals surface area contributed by atoms with Crippen LogP contribution in [-0.2, 0) is 5.33 Å². The van der Waals surface area contributed by atoms with E-state index in [1.165, 1.54) is 13.3 Å². The van der Waals surface area contributed by atoms with Crippen molar-refractivity contribution >= 4 is 15.9 Å². The van der Waals surface area contributed by atoms with E-state index in [1.807, 2.05) is 0 Å². The lowest BCUT2D eigenvalue weighted by atomic mass is 10.1. The molecule has 0 aliphatic rings. The van der Waals surface area contributed by atoms with Crippen LogP contribution in [-0.4, -0.2) is 12.1 Å². The highest BCUT2D eigenvalue weighted by Crippen LogP contribution is 2.31. The molecule has 1 aromatic heterocycles. The van der Waals surface area contributed by atoms with E-state index in [0.717, 1.165) is 0 Å². The number of hydrogen-bond acceptors (Lipinski definition) is 3. The van der Waals surface area contributed by atoms with Gasteiger partial charge in [-0.15, -0.1) is 0 Å². The molecule has 0 atom stereocenters. The van der Waals surface area contributed by atoms with E-state index in [1.54, 1.807) is 6.07 Å². The SMILES string of the molecule is COc1cnc(CBr)c(C(F)F)c1C#N. The molecule has 80 valence electrons. The summed E-state index contributed by atoms with van der Waals surface area (Å²) >= 11 is 3.04. The zero-order valence-corrected chi connectivity index (χ0v) is 9.38. The molecular weight excluding hydrogens is 270 g/mol. The molecule has 0 aliphatic heterocycles. The number of halogens is 3. The molecule has 0 saturated heterocycles. The Morgan fingerprint density at radius 2 is 2.33 bits per heavy atom. The number of rotatable bonds is 3. The summed E-state index contributed by atoms with van der Waals surface area (Å²) in [5, 5.41) is 8.96. The van der Waals surface area contributed by atoms with Gasteiger partial charge in [-0.05, 0) is 0 Å². The van der Waals surface area contributed by atoms with Gasteiger partial charge in [0.05, 0.1) is 24.6 Å². The zero-order chi connectivity index (χ0) is 11.4. The van der Waals surface area contributed by atoms with E-state index in [9.17, 15) is 8.78 Å². The lowest BCUT2D eigenvalue weighted by Gasteiger charge is -2.10. The normalized spacial score (nSPS) is 10.1. The first-order valence-electron chi connectivity index (χ1n) is 3.95. The van der Waals surface area contributed by atoms with Gasteiger partial charge in [0.2, 0.25) is 0 Å². The summed E-state index contributed by atoms with van der Waals surface area (Å²) < 4.78 is 30.2. The fourth-order valence-electron chi connectivity index (χ4n) is 1.16. The summed E-state index contributed by atoms with van der Waals surface area (Å²) in [6, 6.07) is 1.71. The molecule has 0 fully saturated rings. The summed E-state index contributed by atoms with van der Waals surface area (Å²) in [6.07, 6.45) is -1.48. The lowest BCUT2D eigenvalue weighted by molar-refractivity contribution is 0.149. The largest absolute Gasteiger partial charge is 0.494 e. The van der Waals surface area contributed by atoms with Gasteiger partial charge in [0.25, 0.3) is 6.43 Å². The molecule has 6 heteroatoms. The Morgan fingerprint density at radius 1 is 1.67 bits per heavy atom. The highest BCUT2D eigenvalue weighted by atomic mass is 79.9. The number of hydrogen-bond donors (Lipinski definition) is 0. The summed E-state index contributed by atoms with van der Waals surface area (Å²) in [7, 11) is 1.31. The fraction of sp³-hybridized carbons (Fsp3) is 0.333. The topological polar surface area (TPSA) is 45.9 Å². The van der Waals surface area contributed by atoms with Crippen LogP contribution in [0.4, 0.5) is 8.78 Å². The van der Waals surface area contributed by atoms with Crippen molar-refractivity contribution in [3.8, 4) is 11.8 Å². The van der Waals surface area contributed by atoms with Crippen LogP contribution in [0.2, 0.25) is 0 Å². The van der Waals surface area contributed by atoms with E-state index in [2.05, 4.69) is 20.9 Å². The second kappa shape index (κ2) is 5.03. The Morgan fingerprint density at radius 3 is 2.73 bits per heavy atom. The number of nitrogens with zero attached hydrogens (tertiary/aromatic N) is 2. The number of alkyl halides is 3. The van der Waals surface area contributed by atoms with E-state index < -0.39 is 6.43 Å². The van der Waals surface area contributed by atoms with Gasteiger partial charge in [0.15, 0.2) is 5.75 Å². The van der Waals surface area contributed by atoms with E-state index in [-0.39, 0.29) is 27.9 Å². The number of pyridine rings is 1. The van der Waals surface area contributed by atoms with Crippen molar-refractivity contribution in [2.45, 2.75) is 11.8 Å². The van der Waals surface area contributed by atoms with Crippen LogP contribution in [0.25, 0.3) is 0 Å². The Bertz CT molecular complexity index is 404. The highest BCUT2D eigenvalue weighted by molar-refractivity contribution is 9.08. The van der Waals surface area contributed by atoms with Crippen molar-refractivity contribution < 1.29 is 13.5 Å². The van der Waals surface area contributed by atoms with E-state index in [4.69, 9.17) is 10.00 Å². The van der Waals surface area contributed by atoms with E-state index in [0.29, 0.717) is 0 Å². The summed E-state index contributed by atoms with van der Waals surface area (Å²) in [4.78, 5) is 3.79. The molecule has 0 saturated carbocycles. The zero-order valence-electron chi connectivity index (χ0n) is 7.80. The lowest BCUT2D eigenvalue weighted by Crippen LogP contribution is -2.02. The first kappa shape index (κ1) is 11.9. The van der Waals surface area contributed by atoms with Gasteiger partial charge in [0, 0.05) is 5.33 Å². The molecule has 1 heterocycles. The summed E-state index contributed by atoms with van der Waals surface area (Å²) in [5.41, 5.74) is -0.368. The van der Waals surface area contributed by atoms with Gasteiger partial charge in [0.1, 0.15) is 11.6 Å². The van der Waals surface area contributed by atoms with E-state index >= 15 is 0 Å². The molecule has 1 rings (SSSR count). The fourth-order valence-corrected chi connectivity index (χ4v) is 1.61. The van der Waals surface area contributed by atoms with Crippen molar-refractivity contribution in [2.75, 3.05) is 7.11 Å². The molecule has 0 aliphatic carbocycles. The highest BCUT2D eigenvalue weighted by Gasteiger charge is 2.22. The Hall–Kier alpha value is -1.22. The number of ether oxygens (including phenoxy) is 1. The maximum Gasteiger partial charge on any atom is 0.267 e. The number of methoxy groups -OCH3 is 1. The van der Waals surface area contributed by atoms with Crippen molar-refractivity contribution in [3.05, 3.63) is 23.0 Å². The maximum absolute atomic E-state index is 12.7. The molecular formula is C9H7BrF2N2O. The molecule has 3 nitrogen and oxygen atoms in total. The van der Waals surface area contributed by atoms with Gasteiger partial charge < -0.3 is 4.74 Å². The first-order chi connectivity index (χ1) is 7.15. The van der Waals surface area contributed by atoms with Crippen molar-refractivity contribution in [2.24, 2.45) is 0 Å². The second-order valence-electron chi connectivity index (χ2n) is 2.61. The molecule has 0 spiro atoms. The molecule has 0 aromatic carbocycles. The third-order valence-corrected chi connectivity index (χ3v) is 2.37. The van der Waals surface area contributed by atoms with Gasteiger partial charge in [-0.1, -0.05) is 15.9 Å². The molecule has 1 aromatic rings. The van der Waals surface area contributed by atoms with Crippen LogP contribution in [0, 0.1) is 11.3 Å². The summed E-state index contributed by atoms with van der Waals surface area (Å²) in [5.74, 6) is 0.0671. The predicted octanol–water partition coefficient (Wildman–Crippen LogP) is 2.79. The minimum absolute atomic E-state index is 0.0671. The average Bonchev–Trinajstić information content (AvgIpc) is 2.26. The first-order valence-corrected chi connectivity index (χ1v) is 5.07. The van der Waals surface area contributed by atoms with Crippen LogP contribution in [0.3, 0.4) is 0 Å². The molecule has 0 amide bonds. The van der Waals surface area contributed by atoms with Gasteiger partial charge in [-0.3, -0.25) is 4.98 Å². The molecule has 0 unspecified atom stereocenters. The van der Waals surface area contributed by atoms with Crippen LogP contribution in [0.15, 0.2) is 6.20 Å². The average molecular weight is 277 g/mol. The number of aromatic nitrogens is 1. The Kier molecular flexibility index (Phi) is 3.97. The van der Waals surface area contributed by atoms with Gasteiger partial charge >= 0.3 is 0 Å². The van der Waals surface area contributed by atoms with Gasteiger partial charge in [-0.25, -0.2) is 8.78 Å². The molecule has 0 radical (unpaired) electrons. The second-order valence-corrected chi connectivity index (χ2v) is 3.17.